The topological polar surface area (TPSA) is 89.7 Å². The zero-order chi connectivity index (χ0) is 23.8. The number of hydrogen-bond donors (Lipinski definition) is 0. The standard InChI is InChI=1S/C23H31N5O4S/c1-5-27-20-9-8-18(33(30,31)25(2)3)15-19(20)24-22(27)16-26-13-10-17(11-14-26)28-12-6-7-21(28)23(29)32-4/h6-9,12,15,17H,5,10-11,13-14,16H2,1-4H3. The molecule has 2 aromatic heterocycles. The molecule has 10 heteroatoms. The van der Waals surface area contributed by atoms with Crippen molar-refractivity contribution in [2.75, 3.05) is 34.3 Å². The highest BCUT2D eigenvalue weighted by Gasteiger charge is 2.25. The molecule has 0 unspecified atom stereocenters. The number of aromatic nitrogens is 3. The number of hydrogen-bond acceptors (Lipinski definition) is 6. The van der Waals surface area contributed by atoms with Crippen molar-refractivity contribution in [3.63, 3.8) is 0 Å². The quantitative estimate of drug-likeness (QED) is 0.490. The second-order valence-corrected chi connectivity index (χ2v) is 10.7. The van der Waals surface area contributed by atoms with Crippen LogP contribution in [0, 0.1) is 0 Å². The Morgan fingerprint density at radius 1 is 1.21 bits per heavy atom. The van der Waals surface area contributed by atoms with Crippen LogP contribution < -0.4 is 0 Å². The average molecular weight is 474 g/mol. The molecule has 178 valence electrons. The van der Waals surface area contributed by atoms with Gasteiger partial charge in [-0.2, -0.15) is 0 Å². The molecule has 0 N–H and O–H groups in total. The molecule has 1 aliphatic heterocycles. The molecule has 0 bridgehead atoms. The average Bonchev–Trinajstić information content (AvgIpc) is 3.43. The van der Waals surface area contributed by atoms with Crippen molar-refractivity contribution in [2.24, 2.45) is 0 Å². The van der Waals surface area contributed by atoms with Gasteiger partial charge in [-0.3, -0.25) is 4.90 Å². The van der Waals surface area contributed by atoms with Crippen LogP contribution in [0.25, 0.3) is 11.0 Å². The van der Waals surface area contributed by atoms with Crippen molar-refractivity contribution in [1.82, 2.24) is 23.3 Å². The first-order valence-electron chi connectivity index (χ1n) is 11.2. The van der Waals surface area contributed by atoms with Crippen molar-refractivity contribution in [3.05, 3.63) is 48.0 Å². The van der Waals surface area contributed by atoms with Crippen LogP contribution >= 0.6 is 0 Å². The summed E-state index contributed by atoms with van der Waals surface area (Å²) in [6.07, 6.45) is 3.80. The number of benzene rings is 1. The van der Waals surface area contributed by atoms with Crippen LogP contribution in [0.2, 0.25) is 0 Å². The molecule has 0 radical (unpaired) electrons. The van der Waals surface area contributed by atoms with Gasteiger partial charge in [-0.1, -0.05) is 0 Å². The zero-order valence-electron chi connectivity index (χ0n) is 19.6. The monoisotopic (exact) mass is 473 g/mol. The number of ether oxygens (including phenoxy) is 1. The fraction of sp³-hybridized carbons (Fsp3) is 0.478. The van der Waals surface area contributed by atoms with Gasteiger partial charge in [-0.05, 0) is 50.1 Å². The van der Waals surface area contributed by atoms with Gasteiger partial charge in [0.25, 0.3) is 0 Å². The molecule has 1 aliphatic rings. The Bertz CT molecular complexity index is 1250. The molecular weight excluding hydrogens is 442 g/mol. The van der Waals surface area contributed by atoms with Gasteiger partial charge >= 0.3 is 5.97 Å². The number of piperidine rings is 1. The van der Waals surface area contributed by atoms with Gasteiger partial charge in [0.05, 0.1) is 29.6 Å². The van der Waals surface area contributed by atoms with Gasteiger partial charge in [0.1, 0.15) is 11.5 Å². The number of sulfonamides is 1. The molecule has 4 rings (SSSR count). The maximum absolute atomic E-state index is 12.5. The van der Waals surface area contributed by atoms with Crippen LogP contribution in [-0.4, -0.2) is 72.0 Å². The second-order valence-electron chi connectivity index (χ2n) is 8.51. The first kappa shape index (κ1) is 23.5. The number of carbonyl (C=O) groups is 1. The van der Waals surface area contributed by atoms with E-state index in [-0.39, 0.29) is 16.9 Å². The molecule has 0 atom stereocenters. The van der Waals surface area contributed by atoms with E-state index in [0.29, 0.717) is 17.8 Å². The van der Waals surface area contributed by atoms with E-state index in [0.717, 1.165) is 43.8 Å². The lowest BCUT2D eigenvalue weighted by Crippen LogP contribution is -2.35. The van der Waals surface area contributed by atoms with Crippen molar-refractivity contribution >= 4 is 27.0 Å². The smallest absolute Gasteiger partial charge is 0.354 e. The van der Waals surface area contributed by atoms with Crippen molar-refractivity contribution < 1.29 is 17.9 Å². The lowest BCUT2D eigenvalue weighted by Gasteiger charge is -2.33. The van der Waals surface area contributed by atoms with E-state index in [4.69, 9.17) is 9.72 Å². The summed E-state index contributed by atoms with van der Waals surface area (Å²) in [5, 5.41) is 0. The highest BCUT2D eigenvalue weighted by Crippen LogP contribution is 2.27. The number of methoxy groups -OCH3 is 1. The van der Waals surface area contributed by atoms with Crippen molar-refractivity contribution in [3.8, 4) is 0 Å². The molecule has 9 nitrogen and oxygen atoms in total. The predicted octanol–water partition coefficient (Wildman–Crippen LogP) is 2.73. The largest absolute Gasteiger partial charge is 0.464 e. The summed E-state index contributed by atoms with van der Waals surface area (Å²) in [5.74, 6) is 0.622. The zero-order valence-corrected chi connectivity index (χ0v) is 20.4. The third-order valence-electron chi connectivity index (χ3n) is 6.38. The Morgan fingerprint density at radius 2 is 1.94 bits per heavy atom. The molecule has 0 spiro atoms. The van der Waals surface area contributed by atoms with E-state index in [1.807, 2.05) is 22.9 Å². The molecule has 0 amide bonds. The summed E-state index contributed by atoms with van der Waals surface area (Å²) in [5.41, 5.74) is 2.22. The summed E-state index contributed by atoms with van der Waals surface area (Å²) < 4.78 is 35.3. The lowest BCUT2D eigenvalue weighted by atomic mass is 10.0. The minimum Gasteiger partial charge on any atom is -0.464 e. The lowest BCUT2D eigenvalue weighted by molar-refractivity contribution is 0.0581. The van der Waals surface area contributed by atoms with Gasteiger partial charge in [0.15, 0.2) is 0 Å². The van der Waals surface area contributed by atoms with E-state index < -0.39 is 10.0 Å². The number of fused-ring (bicyclic) bond motifs is 1. The number of carbonyl (C=O) groups excluding carboxylic acids is 1. The van der Waals surface area contributed by atoms with E-state index in [2.05, 4.69) is 16.4 Å². The molecule has 1 saturated heterocycles. The fourth-order valence-electron chi connectivity index (χ4n) is 4.55. The van der Waals surface area contributed by atoms with Gasteiger partial charge in [0, 0.05) is 46.0 Å². The van der Waals surface area contributed by atoms with E-state index in [1.165, 1.54) is 25.5 Å². The summed E-state index contributed by atoms with van der Waals surface area (Å²) in [6, 6.07) is 9.09. The first-order chi connectivity index (χ1) is 15.8. The summed E-state index contributed by atoms with van der Waals surface area (Å²) in [7, 11) is 0.955. The highest BCUT2D eigenvalue weighted by molar-refractivity contribution is 7.89. The SMILES string of the molecule is CCn1c(CN2CCC(n3cccc3C(=O)OC)CC2)nc2cc(S(=O)(=O)N(C)C)ccc21. The van der Waals surface area contributed by atoms with Crippen molar-refractivity contribution in [2.45, 2.75) is 43.8 Å². The van der Waals surface area contributed by atoms with Crippen LogP contribution in [0.4, 0.5) is 0 Å². The number of nitrogens with zero attached hydrogens (tertiary/aromatic N) is 5. The van der Waals surface area contributed by atoms with E-state index in [1.54, 1.807) is 18.2 Å². The Kier molecular flexibility index (Phi) is 6.60. The number of imidazole rings is 1. The van der Waals surface area contributed by atoms with Crippen molar-refractivity contribution in [1.29, 1.82) is 0 Å². The van der Waals surface area contributed by atoms with E-state index in [9.17, 15) is 13.2 Å². The van der Waals surface area contributed by atoms with Crippen LogP contribution in [-0.2, 0) is 27.8 Å². The molecular formula is C23H31N5O4S. The molecule has 33 heavy (non-hydrogen) atoms. The minimum atomic E-state index is -3.51. The number of esters is 1. The van der Waals surface area contributed by atoms with Crippen LogP contribution in [0.3, 0.4) is 0 Å². The first-order valence-corrected chi connectivity index (χ1v) is 12.6. The van der Waals surface area contributed by atoms with E-state index >= 15 is 0 Å². The van der Waals surface area contributed by atoms with Crippen LogP contribution in [0.5, 0.6) is 0 Å². The van der Waals surface area contributed by atoms with Gasteiger partial charge in [0.2, 0.25) is 10.0 Å². The summed E-state index contributed by atoms with van der Waals surface area (Å²) >= 11 is 0. The number of likely N-dealkylation sites (tertiary alicyclic amines) is 1. The maximum atomic E-state index is 12.5. The molecule has 0 aliphatic carbocycles. The van der Waals surface area contributed by atoms with Gasteiger partial charge in [-0.25, -0.2) is 22.5 Å². The highest BCUT2D eigenvalue weighted by atomic mass is 32.2. The predicted molar refractivity (Wildman–Crippen MR) is 126 cm³/mol. The fourth-order valence-corrected chi connectivity index (χ4v) is 5.47. The molecule has 3 aromatic rings. The number of aryl methyl sites for hydroxylation is 1. The molecule has 0 saturated carbocycles. The number of rotatable bonds is 7. The molecule has 1 aromatic carbocycles. The summed E-state index contributed by atoms with van der Waals surface area (Å²) in [6.45, 7) is 5.30. The maximum Gasteiger partial charge on any atom is 0.354 e. The Hall–Kier alpha value is -2.69. The molecule has 1 fully saturated rings. The molecule has 3 heterocycles. The summed E-state index contributed by atoms with van der Waals surface area (Å²) in [4.78, 5) is 19.4. The van der Waals surface area contributed by atoms with Crippen LogP contribution in [0.15, 0.2) is 41.4 Å². The third-order valence-corrected chi connectivity index (χ3v) is 8.19. The minimum absolute atomic E-state index is 0.251. The normalized spacial score (nSPS) is 16.0. The third kappa shape index (κ3) is 4.42. The second kappa shape index (κ2) is 9.28. The Balaban J connectivity index is 1.51. The Labute approximate surface area is 194 Å². The van der Waals surface area contributed by atoms with Gasteiger partial charge in [-0.15, -0.1) is 0 Å². The van der Waals surface area contributed by atoms with Gasteiger partial charge < -0.3 is 13.9 Å². The van der Waals surface area contributed by atoms with Crippen LogP contribution in [0.1, 0.15) is 42.1 Å². The Morgan fingerprint density at radius 3 is 2.58 bits per heavy atom.